The van der Waals surface area contributed by atoms with Crippen LogP contribution in [0.25, 0.3) is 0 Å². The molecule has 2 nitrogen and oxygen atoms in total. The van der Waals surface area contributed by atoms with Gasteiger partial charge in [0.1, 0.15) is 5.82 Å². The van der Waals surface area contributed by atoms with Crippen molar-refractivity contribution in [1.29, 1.82) is 0 Å². The number of rotatable bonds is 3. The van der Waals surface area contributed by atoms with Crippen LogP contribution >= 0.6 is 0 Å². The molecule has 72 valence electrons. The van der Waals surface area contributed by atoms with Crippen LogP contribution in [-0.2, 0) is 9.84 Å². The fraction of sp³-hybridized carbons (Fsp3) is 0.333. The number of hydrogen-bond donors (Lipinski definition) is 0. The van der Waals surface area contributed by atoms with Crippen LogP contribution in [0.2, 0.25) is 0 Å². The SMILES string of the molecule is CCCS(=O)(=O)c1cccc(F)c1. The summed E-state index contributed by atoms with van der Waals surface area (Å²) in [6.45, 7) is 1.77. The van der Waals surface area contributed by atoms with Crippen molar-refractivity contribution in [2.45, 2.75) is 18.2 Å². The normalized spacial score (nSPS) is 11.5. The van der Waals surface area contributed by atoms with E-state index in [1.807, 2.05) is 0 Å². The van der Waals surface area contributed by atoms with E-state index in [1.165, 1.54) is 18.2 Å². The summed E-state index contributed by atoms with van der Waals surface area (Å²) in [6.07, 6.45) is 0.541. The van der Waals surface area contributed by atoms with Crippen LogP contribution in [-0.4, -0.2) is 14.2 Å². The van der Waals surface area contributed by atoms with Crippen molar-refractivity contribution in [3.63, 3.8) is 0 Å². The Morgan fingerprint density at radius 3 is 2.62 bits per heavy atom. The smallest absolute Gasteiger partial charge is 0.178 e. The summed E-state index contributed by atoms with van der Waals surface area (Å²) in [7, 11) is -3.27. The molecule has 0 bridgehead atoms. The highest BCUT2D eigenvalue weighted by molar-refractivity contribution is 7.91. The summed E-state index contributed by atoms with van der Waals surface area (Å²) in [4.78, 5) is 0.0642. The van der Waals surface area contributed by atoms with Gasteiger partial charge in [-0.2, -0.15) is 0 Å². The average Bonchev–Trinajstić information content (AvgIpc) is 2.04. The Hall–Kier alpha value is -0.900. The number of hydrogen-bond acceptors (Lipinski definition) is 2. The maximum atomic E-state index is 12.7. The van der Waals surface area contributed by atoms with Crippen LogP contribution in [0.4, 0.5) is 4.39 Å². The van der Waals surface area contributed by atoms with Gasteiger partial charge in [-0.25, -0.2) is 12.8 Å². The summed E-state index contributed by atoms with van der Waals surface area (Å²) in [5.41, 5.74) is 0. The fourth-order valence-corrected chi connectivity index (χ4v) is 2.40. The van der Waals surface area contributed by atoms with E-state index >= 15 is 0 Å². The topological polar surface area (TPSA) is 34.1 Å². The van der Waals surface area contributed by atoms with Crippen LogP contribution in [0.15, 0.2) is 29.2 Å². The zero-order chi connectivity index (χ0) is 9.90. The second-order valence-electron chi connectivity index (χ2n) is 2.78. The molecule has 0 aliphatic carbocycles. The largest absolute Gasteiger partial charge is 0.224 e. The monoisotopic (exact) mass is 202 g/mol. The molecule has 0 heterocycles. The maximum Gasteiger partial charge on any atom is 0.178 e. The molecule has 0 N–H and O–H groups in total. The van der Waals surface area contributed by atoms with E-state index in [0.29, 0.717) is 6.42 Å². The van der Waals surface area contributed by atoms with E-state index in [2.05, 4.69) is 0 Å². The van der Waals surface area contributed by atoms with Crippen molar-refractivity contribution < 1.29 is 12.8 Å². The summed E-state index contributed by atoms with van der Waals surface area (Å²) in [6, 6.07) is 5.09. The van der Waals surface area contributed by atoms with Crippen LogP contribution < -0.4 is 0 Å². The molecule has 0 aliphatic heterocycles. The van der Waals surface area contributed by atoms with E-state index in [4.69, 9.17) is 0 Å². The molecule has 0 saturated heterocycles. The predicted octanol–water partition coefficient (Wildman–Crippen LogP) is 2.01. The van der Waals surface area contributed by atoms with E-state index in [9.17, 15) is 12.8 Å². The third-order valence-corrected chi connectivity index (χ3v) is 3.55. The lowest BCUT2D eigenvalue weighted by atomic mass is 10.4. The summed E-state index contributed by atoms with van der Waals surface area (Å²) in [5.74, 6) is -0.451. The standard InChI is InChI=1S/C9H11FO2S/c1-2-6-13(11,12)9-5-3-4-8(10)7-9/h3-5,7H,2,6H2,1H3. The third kappa shape index (κ3) is 2.52. The Balaban J connectivity index is 3.08. The molecule has 0 aliphatic rings. The predicted molar refractivity (Wildman–Crippen MR) is 48.7 cm³/mol. The summed E-state index contributed by atoms with van der Waals surface area (Å²) < 4.78 is 35.5. The average molecular weight is 202 g/mol. The van der Waals surface area contributed by atoms with Crippen molar-refractivity contribution in [1.82, 2.24) is 0 Å². The fourth-order valence-electron chi connectivity index (χ4n) is 1.05. The minimum atomic E-state index is -3.27. The molecule has 0 unspecified atom stereocenters. The molecule has 1 aromatic carbocycles. The lowest BCUT2D eigenvalue weighted by Crippen LogP contribution is -2.05. The van der Waals surface area contributed by atoms with Gasteiger partial charge in [0.25, 0.3) is 0 Å². The third-order valence-electron chi connectivity index (χ3n) is 1.63. The van der Waals surface area contributed by atoms with Crippen LogP contribution in [0.1, 0.15) is 13.3 Å². The molecule has 1 rings (SSSR count). The minimum absolute atomic E-state index is 0.0642. The summed E-state index contributed by atoms with van der Waals surface area (Å²) >= 11 is 0. The van der Waals surface area contributed by atoms with Crippen molar-refractivity contribution in [2.24, 2.45) is 0 Å². The zero-order valence-electron chi connectivity index (χ0n) is 7.33. The van der Waals surface area contributed by atoms with Crippen molar-refractivity contribution in [2.75, 3.05) is 5.75 Å². The van der Waals surface area contributed by atoms with E-state index < -0.39 is 15.7 Å². The van der Waals surface area contributed by atoms with E-state index in [-0.39, 0.29) is 10.6 Å². The van der Waals surface area contributed by atoms with Gasteiger partial charge in [0.05, 0.1) is 10.6 Å². The highest BCUT2D eigenvalue weighted by Gasteiger charge is 2.12. The Morgan fingerprint density at radius 2 is 2.08 bits per heavy atom. The second kappa shape index (κ2) is 3.87. The molecular formula is C9H11FO2S. The minimum Gasteiger partial charge on any atom is -0.224 e. The molecule has 4 heteroatoms. The first kappa shape index (κ1) is 10.2. The zero-order valence-corrected chi connectivity index (χ0v) is 8.14. The lowest BCUT2D eigenvalue weighted by molar-refractivity contribution is 0.589. The van der Waals surface area contributed by atoms with Gasteiger partial charge in [0, 0.05) is 0 Å². The lowest BCUT2D eigenvalue weighted by Gasteiger charge is -2.01. The highest BCUT2D eigenvalue weighted by atomic mass is 32.2. The first-order chi connectivity index (χ1) is 6.06. The van der Waals surface area contributed by atoms with Crippen molar-refractivity contribution >= 4 is 9.84 Å². The summed E-state index contributed by atoms with van der Waals surface area (Å²) in [5, 5.41) is 0. The molecule has 13 heavy (non-hydrogen) atoms. The number of benzene rings is 1. The van der Waals surface area contributed by atoms with Crippen LogP contribution in [0.5, 0.6) is 0 Å². The molecule has 0 spiro atoms. The van der Waals surface area contributed by atoms with Crippen LogP contribution in [0.3, 0.4) is 0 Å². The van der Waals surface area contributed by atoms with Gasteiger partial charge in [-0.05, 0) is 24.6 Å². The van der Waals surface area contributed by atoms with Gasteiger partial charge in [0.15, 0.2) is 9.84 Å². The van der Waals surface area contributed by atoms with Gasteiger partial charge >= 0.3 is 0 Å². The first-order valence-electron chi connectivity index (χ1n) is 4.04. The van der Waals surface area contributed by atoms with Crippen molar-refractivity contribution in [3.8, 4) is 0 Å². The Bertz CT molecular complexity index is 384. The van der Waals surface area contributed by atoms with Gasteiger partial charge < -0.3 is 0 Å². The Labute approximate surface area is 77.3 Å². The van der Waals surface area contributed by atoms with Gasteiger partial charge in [0.2, 0.25) is 0 Å². The second-order valence-corrected chi connectivity index (χ2v) is 4.89. The molecule has 0 amide bonds. The highest BCUT2D eigenvalue weighted by Crippen LogP contribution is 2.12. The molecule has 1 aromatic rings. The Kier molecular flexibility index (Phi) is 3.03. The van der Waals surface area contributed by atoms with E-state index in [1.54, 1.807) is 6.92 Å². The van der Waals surface area contributed by atoms with Gasteiger partial charge in [-0.3, -0.25) is 0 Å². The molecule has 0 aromatic heterocycles. The maximum absolute atomic E-state index is 12.7. The molecule has 0 fully saturated rings. The number of halogens is 1. The molecule has 0 radical (unpaired) electrons. The van der Waals surface area contributed by atoms with E-state index in [0.717, 1.165) is 6.07 Å². The molecule has 0 saturated carbocycles. The molecular weight excluding hydrogens is 191 g/mol. The number of sulfone groups is 1. The first-order valence-corrected chi connectivity index (χ1v) is 5.70. The van der Waals surface area contributed by atoms with Crippen LogP contribution in [0, 0.1) is 5.82 Å². The van der Waals surface area contributed by atoms with Gasteiger partial charge in [-0.15, -0.1) is 0 Å². The van der Waals surface area contributed by atoms with Crippen molar-refractivity contribution in [3.05, 3.63) is 30.1 Å². The Morgan fingerprint density at radius 1 is 1.38 bits per heavy atom. The molecule has 0 atom stereocenters. The quantitative estimate of drug-likeness (QED) is 0.751. The van der Waals surface area contributed by atoms with Gasteiger partial charge in [-0.1, -0.05) is 13.0 Å².